The molecule has 0 radical (unpaired) electrons. The molecule has 0 spiro atoms. The molecule has 0 aromatic heterocycles. The van der Waals surface area contributed by atoms with Crippen LogP contribution in [0.15, 0.2) is 18.2 Å². The monoisotopic (exact) mass is 333 g/mol. The molecule has 0 aliphatic carbocycles. The minimum atomic E-state index is -0.995. The summed E-state index contributed by atoms with van der Waals surface area (Å²) in [6, 6.07) is 4.48. The number of esters is 1. The van der Waals surface area contributed by atoms with E-state index < -0.39 is 29.6 Å². The van der Waals surface area contributed by atoms with Crippen molar-refractivity contribution in [3.8, 4) is 6.07 Å². The standard InChI is InChI=1S/C16H16FN3O4/c1-2-24-16(23)15(22)20-7-3-4-13(20)14(21)19-11-5-6-12(17)10(8-11)9-18/h5-6,8,13H,2-4,7H2,1H3,(H,19,21). The SMILES string of the molecule is CCOC(=O)C(=O)N1CCCC1C(=O)Nc1ccc(F)c(C#N)c1. The number of ether oxygens (including phenoxy) is 1. The third-order valence-corrected chi connectivity index (χ3v) is 3.62. The first-order valence-electron chi connectivity index (χ1n) is 7.46. The van der Waals surface area contributed by atoms with Crippen LogP contribution in [0.1, 0.15) is 25.3 Å². The molecule has 126 valence electrons. The molecule has 7 nitrogen and oxygen atoms in total. The number of hydrogen-bond acceptors (Lipinski definition) is 5. The molecule has 1 fully saturated rings. The van der Waals surface area contributed by atoms with Gasteiger partial charge < -0.3 is 15.0 Å². The van der Waals surface area contributed by atoms with Gasteiger partial charge in [0.2, 0.25) is 5.91 Å². The van der Waals surface area contributed by atoms with Crippen LogP contribution in [0.2, 0.25) is 0 Å². The zero-order chi connectivity index (χ0) is 17.7. The van der Waals surface area contributed by atoms with Crippen LogP contribution >= 0.6 is 0 Å². The molecule has 2 rings (SSSR count). The molecule has 1 saturated heterocycles. The third-order valence-electron chi connectivity index (χ3n) is 3.62. The minimum absolute atomic E-state index is 0.0712. The largest absolute Gasteiger partial charge is 0.459 e. The van der Waals surface area contributed by atoms with Crippen LogP contribution in [0.5, 0.6) is 0 Å². The highest BCUT2D eigenvalue weighted by Gasteiger charge is 2.37. The van der Waals surface area contributed by atoms with Crippen LogP contribution in [0.3, 0.4) is 0 Å². The van der Waals surface area contributed by atoms with Crippen molar-refractivity contribution in [1.29, 1.82) is 5.26 Å². The van der Waals surface area contributed by atoms with E-state index in [2.05, 4.69) is 10.1 Å². The second-order valence-electron chi connectivity index (χ2n) is 5.17. The van der Waals surface area contributed by atoms with Gasteiger partial charge in [-0.2, -0.15) is 5.26 Å². The number of rotatable bonds is 3. The quantitative estimate of drug-likeness (QED) is 0.661. The molecule has 1 unspecified atom stereocenters. The zero-order valence-electron chi connectivity index (χ0n) is 13.0. The fourth-order valence-corrected chi connectivity index (χ4v) is 2.51. The van der Waals surface area contributed by atoms with Gasteiger partial charge in [0.15, 0.2) is 0 Å². The molecule has 1 aromatic rings. The summed E-state index contributed by atoms with van der Waals surface area (Å²) >= 11 is 0. The van der Waals surface area contributed by atoms with Gasteiger partial charge in [-0.1, -0.05) is 0 Å². The Balaban J connectivity index is 2.10. The lowest BCUT2D eigenvalue weighted by Crippen LogP contribution is -2.46. The molecule has 1 aliphatic rings. The maximum absolute atomic E-state index is 13.3. The normalized spacial score (nSPS) is 16.4. The van der Waals surface area contributed by atoms with Crippen molar-refractivity contribution in [2.45, 2.75) is 25.8 Å². The van der Waals surface area contributed by atoms with Gasteiger partial charge >= 0.3 is 11.9 Å². The molecule has 1 atom stereocenters. The lowest BCUT2D eigenvalue weighted by Gasteiger charge is -2.22. The van der Waals surface area contributed by atoms with E-state index in [0.717, 1.165) is 6.07 Å². The maximum Gasteiger partial charge on any atom is 0.397 e. The lowest BCUT2D eigenvalue weighted by molar-refractivity contribution is -0.160. The summed E-state index contributed by atoms with van der Waals surface area (Å²) in [6.45, 7) is 1.94. The number of carbonyl (C=O) groups excluding carboxylic acids is 3. The molecule has 1 heterocycles. The second kappa shape index (κ2) is 7.55. The fourth-order valence-electron chi connectivity index (χ4n) is 2.51. The Hall–Kier alpha value is -2.95. The predicted octanol–water partition coefficient (Wildman–Crippen LogP) is 1.19. The Morgan fingerprint density at radius 2 is 2.21 bits per heavy atom. The van der Waals surface area contributed by atoms with Gasteiger partial charge in [-0.05, 0) is 38.0 Å². The number of likely N-dealkylation sites (tertiary alicyclic amines) is 1. The zero-order valence-corrected chi connectivity index (χ0v) is 13.0. The number of nitriles is 1. The Labute approximate surface area is 138 Å². The Kier molecular flexibility index (Phi) is 5.47. The van der Waals surface area contributed by atoms with Crippen molar-refractivity contribution in [2.24, 2.45) is 0 Å². The van der Waals surface area contributed by atoms with Crippen molar-refractivity contribution < 1.29 is 23.5 Å². The van der Waals surface area contributed by atoms with Crippen LogP contribution in [-0.4, -0.2) is 41.9 Å². The van der Waals surface area contributed by atoms with E-state index in [9.17, 15) is 18.8 Å². The molecule has 0 saturated carbocycles. The molecule has 0 bridgehead atoms. The third kappa shape index (κ3) is 3.68. The van der Waals surface area contributed by atoms with Crippen LogP contribution < -0.4 is 5.32 Å². The number of carbonyl (C=O) groups is 3. The molecule has 8 heteroatoms. The van der Waals surface area contributed by atoms with E-state index >= 15 is 0 Å². The van der Waals surface area contributed by atoms with Crippen molar-refractivity contribution in [1.82, 2.24) is 4.90 Å². The Bertz CT molecular complexity index is 714. The van der Waals surface area contributed by atoms with E-state index in [1.165, 1.54) is 17.0 Å². The number of amides is 2. The Morgan fingerprint density at radius 1 is 1.46 bits per heavy atom. The number of nitrogens with zero attached hydrogens (tertiary/aromatic N) is 2. The smallest absolute Gasteiger partial charge is 0.397 e. The molecule has 1 aromatic carbocycles. The number of anilines is 1. The number of halogens is 1. The predicted molar refractivity (Wildman–Crippen MR) is 81.1 cm³/mol. The molecule has 1 aliphatic heterocycles. The molecule has 24 heavy (non-hydrogen) atoms. The van der Waals surface area contributed by atoms with E-state index in [-0.39, 0.29) is 24.4 Å². The first-order valence-corrected chi connectivity index (χ1v) is 7.46. The van der Waals surface area contributed by atoms with Crippen molar-refractivity contribution in [3.63, 3.8) is 0 Å². The van der Waals surface area contributed by atoms with Gasteiger partial charge in [-0.3, -0.25) is 9.59 Å². The van der Waals surface area contributed by atoms with Gasteiger partial charge in [0, 0.05) is 12.2 Å². The van der Waals surface area contributed by atoms with E-state index in [1.54, 1.807) is 13.0 Å². The number of nitrogens with one attached hydrogen (secondary N) is 1. The highest BCUT2D eigenvalue weighted by molar-refractivity contribution is 6.33. The second-order valence-corrected chi connectivity index (χ2v) is 5.17. The van der Waals surface area contributed by atoms with Gasteiger partial charge in [0.1, 0.15) is 17.9 Å². The fraction of sp³-hybridized carbons (Fsp3) is 0.375. The van der Waals surface area contributed by atoms with Gasteiger partial charge in [0.05, 0.1) is 12.2 Å². The van der Waals surface area contributed by atoms with Crippen LogP contribution in [0.4, 0.5) is 10.1 Å². The molecular weight excluding hydrogens is 317 g/mol. The summed E-state index contributed by atoms with van der Waals surface area (Å²) in [4.78, 5) is 37.1. The summed E-state index contributed by atoms with van der Waals surface area (Å²) in [5, 5.41) is 11.3. The van der Waals surface area contributed by atoms with Crippen LogP contribution in [-0.2, 0) is 19.1 Å². The average molecular weight is 333 g/mol. The minimum Gasteiger partial charge on any atom is -0.459 e. The summed E-state index contributed by atoms with van der Waals surface area (Å²) < 4.78 is 18.0. The van der Waals surface area contributed by atoms with Gasteiger partial charge in [-0.15, -0.1) is 0 Å². The summed E-state index contributed by atoms with van der Waals surface area (Å²) in [5.41, 5.74) is 0.0482. The maximum atomic E-state index is 13.3. The topological polar surface area (TPSA) is 99.5 Å². The van der Waals surface area contributed by atoms with E-state index in [0.29, 0.717) is 12.8 Å². The van der Waals surface area contributed by atoms with Gasteiger partial charge in [-0.25, -0.2) is 9.18 Å². The highest BCUT2D eigenvalue weighted by Crippen LogP contribution is 2.21. The highest BCUT2D eigenvalue weighted by atomic mass is 19.1. The average Bonchev–Trinajstić information content (AvgIpc) is 3.05. The van der Waals surface area contributed by atoms with Crippen molar-refractivity contribution in [2.75, 3.05) is 18.5 Å². The van der Waals surface area contributed by atoms with Gasteiger partial charge in [0.25, 0.3) is 0 Å². The summed E-state index contributed by atoms with van der Waals surface area (Å²) in [5.74, 6) is -3.03. The van der Waals surface area contributed by atoms with E-state index in [4.69, 9.17) is 5.26 Å². The summed E-state index contributed by atoms with van der Waals surface area (Å²) in [6.07, 6.45) is 0.985. The van der Waals surface area contributed by atoms with E-state index in [1.807, 2.05) is 0 Å². The molecule has 2 amide bonds. The Morgan fingerprint density at radius 3 is 2.88 bits per heavy atom. The van der Waals surface area contributed by atoms with Crippen molar-refractivity contribution >= 4 is 23.5 Å². The van der Waals surface area contributed by atoms with Crippen molar-refractivity contribution in [3.05, 3.63) is 29.6 Å². The number of hydrogen-bond donors (Lipinski definition) is 1. The molecule has 1 N–H and O–H groups in total. The molecular formula is C16H16FN3O4. The number of benzene rings is 1. The van der Waals surface area contributed by atoms with Crippen LogP contribution in [0.25, 0.3) is 0 Å². The summed E-state index contributed by atoms with van der Waals surface area (Å²) in [7, 11) is 0. The first kappa shape index (κ1) is 17.4. The lowest BCUT2D eigenvalue weighted by atomic mass is 10.1. The van der Waals surface area contributed by atoms with Crippen LogP contribution in [0, 0.1) is 17.1 Å². The first-order chi connectivity index (χ1) is 11.5.